The zero-order valence-electron chi connectivity index (χ0n) is 10.4. The Labute approximate surface area is 105 Å². The molecule has 1 aromatic rings. The lowest BCUT2D eigenvalue weighted by atomic mass is 9.72. The third-order valence-corrected chi connectivity index (χ3v) is 3.90. The Morgan fingerprint density at radius 2 is 2.11 bits per heavy atom. The van der Waals surface area contributed by atoms with Crippen LogP contribution < -0.4 is 4.90 Å². The molecule has 3 heterocycles. The number of nitro groups is 1. The number of hydrogen-bond acceptors (Lipinski definition) is 5. The normalized spacial score (nSPS) is 21.5. The highest BCUT2D eigenvalue weighted by atomic mass is 16.6. The molecule has 2 saturated heterocycles. The van der Waals surface area contributed by atoms with E-state index in [1.54, 1.807) is 12.3 Å². The van der Waals surface area contributed by atoms with Gasteiger partial charge in [0.1, 0.15) is 0 Å². The molecule has 0 bridgehead atoms. The first kappa shape index (κ1) is 11.4. The van der Waals surface area contributed by atoms with Crippen LogP contribution in [0.15, 0.2) is 18.3 Å². The average Bonchev–Trinajstić information content (AvgIpc) is 2.26. The monoisotopic (exact) mass is 248 g/mol. The van der Waals surface area contributed by atoms with Crippen LogP contribution in [0.4, 0.5) is 11.5 Å². The third kappa shape index (κ3) is 1.73. The van der Waals surface area contributed by atoms with E-state index in [9.17, 15) is 10.1 Å². The van der Waals surface area contributed by atoms with Gasteiger partial charge in [-0.2, -0.15) is 0 Å². The Hall–Kier alpha value is -1.69. The molecule has 2 aliphatic heterocycles. The minimum Gasteiger partial charge on any atom is -0.367 e. The summed E-state index contributed by atoms with van der Waals surface area (Å²) in [7, 11) is 0. The van der Waals surface area contributed by atoms with Crippen LogP contribution in [0.25, 0.3) is 0 Å². The van der Waals surface area contributed by atoms with Gasteiger partial charge in [0.2, 0.25) is 0 Å². The second-order valence-electron chi connectivity index (χ2n) is 5.29. The van der Waals surface area contributed by atoms with Gasteiger partial charge in [-0.15, -0.1) is 0 Å². The summed E-state index contributed by atoms with van der Waals surface area (Å²) in [5.41, 5.74) is 1.46. The van der Waals surface area contributed by atoms with E-state index in [4.69, 9.17) is 0 Å². The summed E-state index contributed by atoms with van der Waals surface area (Å²) in [5, 5.41) is 10.5. The van der Waals surface area contributed by atoms with E-state index in [2.05, 4.69) is 21.7 Å². The zero-order chi connectivity index (χ0) is 12.8. The van der Waals surface area contributed by atoms with Crippen molar-refractivity contribution in [1.29, 1.82) is 0 Å². The van der Waals surface area contributed by atoms with Crippen molar-refractivity contribution in [3.05, 3.63) is 28.4 Å². The van der Waals surface area contributed by atoms with Crippen LogP contribution >= 0.6 is 0 Å². The van der Waals surface area contributed by atoms with Crippen LogP contribution in [0.2, 0.25) is 0 Å². The highest BCUT2D eigenvalue weighted by molar-refractivity contribution is 5.50. The van der Waals surface area contributed by atoms with Crippen molar-refractivity contribution in [3.8, 4) is 0 Å². The van der Waals surface area contributed by atoms with Crippen molar-refractivity contribution in [2.75, 3.05) is 37.6 Å². The number of aromatic nitrogens is 1. The molecule has 2 aliphatic rings. The molecular formula is C12H16N4O2. The van der Waals surface area contributed by atoms with Crippen LogP contribution in [0, 0.1) is 15.5 Å². The first-order chi connectivity index (χ1) is 8.62. The first-order valence-corrected chi connectivity index (χ1v) is 6.20. The molecule has 0 aliphatic carbocycles. The summed E-state index contributed by atoms with van der Waals surface area (Å²) in [4.78, 5) is 18.6. The van der Waals surface area contributed by atoms with E-state index >= 15 is 0 Å². The topological polar surface area (TPSA) is 62.5 Å². The van der Waals surface area contributed by atoms with Crippen LogP contribution in [0.5, 0.6) is 0 Å². The second kappa shape index (κ2) is 3.91. The summed E-state index contributed by atoms with van der Waals surface area (Å²) in [6.45, 7) is 7.76. The van der Waals surface area contributed by atoms with Gasteiger partial charge >= 0.3 is 5.82 Å². The van der Waals surface area contributed by atoms with E-state index in [0.717, 1.165) is 25.3 Å². The highest BCUT2D eigenvalue weighted by Gasteiger charge is 2.51. The first-order valence-electron chi connectivity index (χ1n) is 6.20. The number of nitrogens with zero attached hydrogens (tertiary/aromatic N) is 4. The molecule has 96 valence electrons. The number of anilines is 1. The molecule has 6 heteroatoms. The van der Waals surface area contributed by atoms with Gasteiger partial charge in [0.15, 0.2) is 6.20 Å². The fourth-order valence-corrected chi connectivity index (χ4v) is 2.95. The SMILES string of the molecule is CCN1CC2(C1)CN(c1ccc([N+](=O)[O-])nc1)C2. The Bertz CT molecular complexity index is 459. The number of hydrogen-bond donors (Lipinski definition) is 0. The maximum atomic E-state index is 10.5. The van der Waals surface area contributed by atoms with Crippen molar-refractivity contribution in [3.63, 3.8) is 0 Å². The predicted molar refractivity (Wildman–Crippen MR) is 67.7 cm³/mol. The predicted octanol–water partition coefficient (Wildman–Crippen LogP) is 1.13. The van der Waals surface area contributed by atoms with Gasteiger partial charge in [-0.1, -0.05) is 6.92 Å². The largest absolute Gasteiger partial charge is 0.367 e. The van der Waals surface area contributed by atoms with Crippen molar-refractivity contribution < 1.29 is 4.92 Å². The molecule has 0 saturated carbocycles. The molecule has 3 rings (SSSR count). The molecule has 0 N–H and O–H groups in total. The molecule has 18 heavy (non-hydrogen) atoms. The van der Waals surface area contributed by atoms with Gasteiger partial charge < -0.3 is 19.9 Å². The zero-order valence-corrected chi connectivity index (χ0v) is 10.4. The fraction of sp³-hybridized carbons (Fsp3) is 0.583. The van der Waals surface area contributed by atoms with Gasteiger partial charge in [-0.05, 0) is 22.5 Å². The lowest BCUT2D eigenvalue weighted by Gasteiger charge is -2.60. The standard InChI is InChI=1S/C12H16N4O2/c1-2-14-6-12(7-14)8-15(9-12)10-3-4-11(13-5-10)16(17)18/h3-5H,2,6-9H2,1H3. The Balaban J connectivity index is 1.60. The molecule has 6 nitrogen and oxygen atoms in total. The summed E-state index contributed by atoms with van der Waals surface area (Å²) >= 11 is 0. The van der Waals surface area contributed by atoms with Crippen molar-refractivity contribution >= 4 is 11.5 Å². The van der Waals surface area contributed by atoms with Gasteiger partial charge in [-0.25, -0.2) is 0 Å². The molecule has 1 spiro atoms. The number of pyridine rings is 1. The lowest BCUT2D eigenvalue weighted by Crippen LogP contribution is -2.72. The Morgan fingerprint density at radius 1 is 1.39 bits per heavy atom. The molecule has 1 aromatic heterocycles. The molecular weight excluding hydrogens is 232 g/mol. The Kier molecular flexibility index (Phi) is 2.48. The summed E-state index contributed by atoms with van der Waals surface area (Å²) in [5.74, 6) is -0.0882. The molecule has 0 radical (unpaired) electrons. The van der Waals surface area contributed by atoms with E-state index in [1.165, 1.54) is 19.2 Å². The van der Waals surface area contributed by atoms with E-state index in [0.29, 0.717) is 5.41 Å². The van der Waals surface area contributed by atoms with E-state index in [-0.39, 0.29) is 5.82 Å². The minimum absolute atomic E-state index is 0.0882. The van der Waals surface area contributed by atoms with Gasteiger partial charge in [0, 0.05) is 37.7 Å². The maximum absolute atomic E-state index is 10.5. The molecule has 0 unspecified atom stereocenters. The Morgan fingerprint density at radius 3 is 2.61 bits per heavy atom. The molecule has 0 aromatic carbocycles. The fourth-order valence-electron chi connectivity index (χ4n) is 2.95. The summed E-state index contributed by atoms with van der Waals surface area (Å²) < 4.78 is 0. The maximum Gasteiger partial charge on any atom is 0.363 e. The molecule has 2 fully saturated rings. The van der Waals surface area contributed by atoms with E-state index < -0.39 is 4.92 Å². The lowest BCUT2D eigenvalue weighted by molar-refractivity contribution is -0.389. The number of likely N-dealkylation sites (tertiary alicyclic amines) is 1. The van der Waals surface area contributed by atoms with Gasteiger partial charge in [0.25, 0.3) is 0 Å². The van der Waals surface area contributed by atoms with Crippen molar-refractivity contribution in [1.82, 2.24) is 9.88 Å². The van der Waals surface area contributed by atoms with Gasteiger partial charge in [0.05, 0.1) is 5.69 Å². The van der Waals surface area contributed by atoms with E-state index in [1.807, 2.05) is 0 Å². The molecule has 0 amide bonds. The number of rotatable bonds is 3. The molecule has 0 atom stereocenters. The summed E-state index contributed by atoms with van der Waals surface area (Å²) in [6, 6.07) is 3.26. The van der Waals surface area contributed by atoms with Crippen molar-refractivity contribution in [2.24, 2.45) is 5.41 Å². The van der Waals surface area contributed by atoms with Gasteiger partial charge in [-0.3, -0.25) is 0 Å². The van der Waals surface area contributed by atoms with Crippen LogP contribution in [-0.4, -0.2) is 47.5 Å². The smallest absolute Gasteiger partial charge is 0.363 e. The summed E-state index contributed by atoms with van der Waals surface area (Å²) in [6.07, 6.45) is 1.60. The second-order valence-corrected chi connectivity index (χ2v) is 5.29. The van der Waals surface area contributed by atoms with Crippen LogP contribution in [0.3, 0.4) is 0 Å². The third-order valence-electron chi connectivity index (χ3n) is 3.90. The van der Waals surface area contributed by atoms with Crippen molar-refractivity contribution in [2.45, 2.75) is 6.92 Å². The highest BCUT2D eigenvalue weighted by Crippen LogP contribution is 2.41. The van der Waals surface area contributed by atoms with Crippen LogP contribution in [-0.2, 0) is 0 Å². The quantitative estimate of drug-likeness (QED) is 0.592. The average molecular weight is 248 g/mol. The minimum atomic E-state index is -0.466. The van der Waals surface area contributed by atoms with Crippen LogP contribution in [0.1, 0.15) is 6.92 Å².